The highest BCUT2D eigenvalue weighted by Crippen LogP contribution is 2.21. The summed E-state index contributed by atoms with van der Waals surface area (Å²) in [6.45, 7) is 3.13. The molecule has 1 aromatic rings. The largest absolute Gasteiger partial charge is 0.341 e. The van der Waals surface area contributed by atoms with Crippen LogP contribution >= 0.6 is 0 Å². The van der Waals surface area contributed by atoms with Gasteiger partial charge in [0.25, 0.3) is 0 Å². The molecule has 0 bridgehead atoms. The van der Waals surface area contributed by atoms with E-state index in [1.807, 2.05) is 0 Å². The summed E-state index contributed by atoms with van der Waals surface area (Å²) < 4.78 is 26.1. The van der Waals surface area contributed by atoms with Crippen molar-refractivity contribution in [2.24, 2.45) is 0 Å². The number of nitrogens with zero attached hydrogens (tertiary/aromatic N) is 4. The van der Waals surface area contributed by atoms with Gasteiger partial charge in [-0.1, -0.05) is 0 Å². The van der Waals surface area contributed by atoms with E-state index in [2.05, 4.69) is 14.9 Å². The lowest BCUT2D eigenvalue weighted by Crippen LogP contribution is -2.28. The molecule has 7 heteroatoms. The fraction of sp³-hybridized carbons (Fsp3) is 0.667. The molecule has 104 valence electrons. The molecule has 0 spiro atoms. The molecule has 1 aromatic heterocycles. The zero-order chi connectivity index (χ0) is 13.3. The van der Waals surface area contributed by atoms with Crippen molar-refractivity contribution in [3.8, 4) is 0 Å². The first-order valence-corrected chi connectivity index (χ1v) is 8.19. The van der Waals surface area contributed by atoms with E-state index in [0.29, 0.717) is 19.0 Å². The quantitative estimate of drug-likeness (QED) is 0.822. The Morgan fingerprint density at radius 3 is 2.00 bits per heavy atom. The monoisotopic (exact) mass is 282 g/mol. The molecular weight excluding hydrogens is 264 g/mol. The van der Waals surface area contributed by atoms with Crippen LogP contribution in [0.3, 0.4) is 0 Å². The van der Waals surface area contributed by atoms with E-state index in [0.717, 1.165) is 38.8 Å². The summed E-state index contributed by atoms with van der Waals surface area (Å²) in [6.07, 6.45) is 7.05. The van der Waals surface area contributed by atoms with Crippen molar-refractivity contribution >= 4 is 16.0 Å². The van der Waals surface area contributed by atoms with Gasteiger partial charge in [0.15, 0.2) is 0 Å². The maximum absolute atomic E-state index is 12.3. The fourth-order valence-electron chi connectivity index (χ4n) is 2.60. The van der Waals surface area contributed by atoms with Crippen LogP contribution in [0.2, 0.25) is 0 Å². The highest BCUT2D eigenvalue weighted by molar-refractivity contribution is 7.89. The summed E-state index contributed by atoms with van der Waals surface area (Å²) >= 11 is 0. The minimum absolute atomic E-state index is 0.206. The smallest absolute Gasteiger partial charge is 0.246 e. The standard InChI is InChI=1S/C12H18N4O2S/c17-19(18,16-7-3-4-8-16)11-9-13-12(14-10-11)15-5-1-2-6-15/h9-10H,1-8H2. The van der Waals surface area contributed by atoms with Gasteiger partial charge in [-0.3, -0.25) is 0 Å². The number of hydrogen-bond donors (Lipinski definition) is 0. The molecule has 0 N–H and O–H groups in total. The second kappa shape index (κ2) is 5.05. The molecule has 0 saturated carbocycles. The molecule has 3 heterocycles. The Bertz CT molecular complexity index is 531. The minimum atomic E-state index is -3.39. The van der Waals surface area contributed by atoms with Gasteiger partial charge in [0.1, 0.15) is 4.90 Å². The van der Waals surface area contributed by atoms with Gasteiger partial charge in [0.05, 0.1) is 12.4 Å². The third-order valence-corrected chi connectivity index (χ3v) is 5.56. The summed E-state index contributed by atoms with van der Waals surface area (Å²) in [5, 5.41) is 0. The van der Waals surface area contributed by atoms with Crippen LogP contribution in [-0.4, -0.2) is 48.9 Å². The molecule has 2 fully saturated rings. The van der Waals surface area contributed by atoms with E-state index in [4.69, 9.17) is 0 Å². The Kier molecular flexibility index (Phi) is 3.40. The summed E-state index contributed by atoms with van der Waals surface area (Å²) in [4.78, 5) is 10.7. The molecule has 0 amide bonds. The van der Waals surface area contributed by atoms with Gasteiger partial charge in [-0.25, -0.2) is 18.4 Å². The van der Waals surface area contributed by atoms with Crippen LogP contribution in [-0.2, 0) is 10.0 Å². The molecule has 2 saturated heterocycles. The van der Waals surface area contributed by atoms with Crippen LogP contribution in [0, 0.1) is 0 Å². The van der Waals surface area contributed by atoms with Crippen LogP contribution in [0.5, 0.6) is 0 Å². The average molecular weight is 282 g/mol. The lowest BCUT2D eigenvalue weighted by molar-refractivity contribution is 0.477. The minimum Gasteiger partial charge on any atom is -0.341 e. The second-order valence-electron chi connectivity index (χ2n) is 5.02. The zero-order valence-electron chi connectivity index (χ0n) is 10.8. The van der Waals surface area contributed by atoms with Gasteiger partial charge < -0.3 is 4.90 Å². The van der Waals surface area contributed by atoms with Crippen molar-refractivity contribution in [1.29, 1.82) is 0 Å². The Balaban J connectivity index is 1.81. The Morgan fingerprint density at radius 2 is 1.42 bits per heavy atom. The highest BCUT2D eigenvalue weighted by Gasteiger charge is 2.28. The van der Waals surface area contributed by atoms with Gasteiger partial charge in [-0.2, -0.15) is 4.31 Å². The fourth-order valence-corrected chi connectivity index (χ4v) is 4.01. The van der Waals surface area contributed by atoms with Crippen LogP contribution in [0.4, 0.5) is 5.95 Å². The van der Waals surface area contributed by atoms with Gasteiger partial charge >= 0.3 is 0 Å². The zero-order valence-corrected chi connectivity index (χ0v) is 11.6. The van der Waals surface area contributed by atoms with Gasteiger partial charge in [-0.15, -0.1) is 0 Å². The Morgan fingerprint density at radius 1 is 0.895 bits per heavy atom. The predicted octanol–water partition coefficient (Wildman–Crippen LogP) is 0.861. The molecule has 0 aliphatic carbocycles. The van der Waals surface area contributed by atoms with E-state index in [1.165, 1.54) is 16.7 Å². The third-order valence-electron chi connectivity index (χ3n) is 3.71. The first kappa shape index (κ1) is 12.8. The topological polar surface area (TPSA) is 66.4 Å². The van der Waals surface area contributed by atoms with Crippen molar-refractivity contribution in [3.63, 3.8) is 0 Å². The summed E-state index contributed by atoms with van der Waals surface area (Å²) in [5.74, 6) is 0.637. The van der Waals surface area contributed by atoms with E-state index in [-0.39, 0.29) is 4.90 Å². The molecule has 0 radical (unpaired) electrons. The van der Waals surface area contributed by atoms with E-state index in [1.54, 1.807) is 0 Å². The van der Waals surface area contributed by atoms with Crippen LogP contribution in [0.1, 0.15) is 25.7 Å². The number of aromatic nitrogens is 2. The Hall–Kier alpha value is -1.21. The number of sulfonamides is 1. The molecule has 6 nitrogen and oxygen atoms in total. The molecule has 0 atom stereocenters. The maximum atomic E-state index is 12.3. The highest BCUT2D eigenvalue weighted by atomic mass is 32.2. The number of anilines is 1. The van der Waals surface area contributed by atoms with Crippen LogP contribution < -0.4 is 4.90 Å². The van der Waals surface area contributed by atoms with E-state index in [9.17, 15) is 8.42 Å². The average Bonchev–Trinajstić information content (AvgIpc) is 3.12. The van der Waals surface area contributed by atoms with Crippen LogP contribution in [0.15, 0.2) is 17.3 Å². The van der Waals surface area contributed by atoms with Crippen molar-refractivity contribution < 1.29 is 8.42 Å². The van der Waals surface area contributed by atoms with Crippen molar-refractivity contribution in [2.75, 3.05) is 31.1 Å². The SMILES string of the molecule is O=S(=O)(c1cnc(N2CCCC2)nc1)N1CCCC1. The van der Waals surface area contributed by atoms with Crippen LogP contribution in [0.25, 0.3) is 0 Å². The van der Waals surface area contributed by atoms with Gasteiger partial charge in [-0.05, 0) is 25.7 Å². The number of hydrogen-bond acceptors (Lipinski definition) is 5. The normalized spacial score (nSPS) is 21.2. The van der Waals surface area contributed by atoms with Gasteiger partial charge in [0.2, 0.25) is 16.0 Å². The maximum Gasteiger partial charge on any atom is 0.246 e. The molecular formula is C12H18N4O2S. The molecule has 2 aliphatic rings. The van der Waals surface area contributed by atoms with Crippen molar-refractivity contribution in [2.45, 2.75) is 30.6 Å². The summed E-state index contributed by atoms with van der Waals surface area (Å²) in [6, 6.07) is 0. The summed E-state index contributed by atoms with van der Waals surface area (Å²) in [7, 11) is -3.39. The third kappa shape index (κ3) is 2.44. The van der Waals surface area contributed by atoms with E-state index >= 15 is 0 Å². The lowest BCUT2D eigenvalue weighted by Gasteiger charge is -2.17. The molecule has 2 aliphatic heterocycles. The Labute approximate surface area is 113 Å². The molecule has 0 aromatic carbocycles. The first-order valence-electron chi connectivity index (χ1n) is 6.75. The van der Waals surface area contributed by atoms with Crippen molar-refractivity contribution in [1.82, 2.24) is 14.3 Å². The molecule has 3 rings (SSSR count). The molecule has 0 unspecified atom stereocenters. The van der Waals surface area contributed by atoms with E-state index < -0.39 is 10.0 Å². The van der Waals surface area contributed by atoms with Gasteiger partial charge in [0, 0.05) is 26.2 Å². The second-order valence-corrected chi connectivity index (χ2v) is 6.96. The first-order chi connectivity index (χ1) is 9.18. The lowest BCUT2D eigenvalue weighted by atomic mass is 10.4. The summed E-state index contributed by atoms with van der Waals surface area (Å²) in [5.41, 5.74) is 0. The van der Waals surface area contributed by atoms with Crippen molar-refractivity contribution in [3.05, 3.63) is 12.4 Å². The molecule has 19 heavy (non-hydrogen) atoms. The number of rotatable bonds is 3. The predicted molar refractivity (Wildman–Crippen MR) is 71.5 cm³/mol.